The fraction of sp³-hybridized carbons (Fsp3) is 0.207. The Labute approximate surface area is 238 Å². The predicted octanol–water partition coefficient (Wildman–Crippen LogP) is 6.86. The summed E-state index contributed by atoms with van der Waals surface area (Å²) in [6.45, 7) is 8.15. The summed E-state index contributed by atoms with van der Waals surface area (Å²) in [5, 5.41) is 6.40. The quantitative estimate of drug-likeness (QED) is 0.270. The summed E-state index contributed by atoms with van der Waals surface area (Å²) >= 11 is 1.40. The number of thiazole rings is 1. The Bertz CT molecular complexity index is 1650. The van der Waals surface area contributed by atoms with Gasteiger partial charge in [-0.25, -0.2) is 9.79 Å². The Balaban J connectivity index is 1.25. The predicted molar refractivity (Wildman–Crippen MR) is 154 cm³/mol. The van der Waals surface area contributed by atoms with Gasteiger partial charge in [0.25, 0.3) is 0 Å². The number of hydrazine groups is 1. The van der Waals surface area contributed by atoms with Crippen LogP contribution in [0.1, 0.15) is 34.1 Å². The van der Waals surface area contributed by atoms with E-state index in [0.29, 0.717) is 16.2 Å². The summed E-state index contributed by atoms with van der Waals surface area (Å²) in [6.07, 6.45) is -3.61. The van der Waals surface area contributed by atoms with Crippen LogP contribution in [0.4, 0.5) is 29.3 Å². The van der Waals surface area contributed by atoms with Gasteiger partial charge < -0.3 is 10.1 Å². The third-order valence-corrected chi connectivity index (χ3v) is 7.30. The van der Waals surface area contributed by atoms with E-state index in [9.17, 15) is 18.0 Å². The number of amides is 2. The van der Waals surface area contributed by atoms with Crippen molar-refractivity contribution >= 4 is 35.1 Å². The molecule has 212 valence electrons. The molecule has 1 atom stereocenters. The lowest BCUT2D eigenvalue weighted by atomic mass is 10.0. The topological polar surface area (TPSA) is 83.2 Å². The van der Waals surface area contributed by atoms with Crippen molar-refractivity contribution in [1.82, 2.24) is 9.99 Å². The number of aliphatic imine (C=N–C) groups is 1. The Morgan fingerprint density at radius 3 is 2.32 bits per heavy atom. The lowest BCUT2D eigenvalue weighted by Crippen LogP contribution is -2.33. The number of carbonyl (C=O) groups is 1. The molecule has 0 fully saturated rings. The van der Waals surface area contributed by atoms with Crippen molar-refractivity contribution in [3.05, 3.63) is 98.8 Å². The van der Waals surface area contributed by atoms with E-state index >= 15 is 0 Å². The van der Waals surface area contributed by atoms with Crippen molar-refractivity contribution in [2.24, 2.45) is 9.98 Å². The number of urea groups is 1. The number of nitrogens with zero attached hydrogens (tertiary/aromatic N) is 4. The lowest BCUT2D eigenvalue weighted by molar-refractivity contribution is -0.274. The summed E-state index contributed by atoms with van der Waals surface area (Å²) in [7, 11) is 0. The Hall–Kier alpha value is -4.42. The minimum absolute atomic E-state index is 0.303. The number of ether oxygens (including phenoxy) is 1. The van der Waals surface area contributed by atoms with E-state index in [0.717, 1.165) is 28.1 Å². The number of hydrogen-bond acceptors (Lipinski definition) is 6. The molecular weight excluding hydrogens is 553 g/mol. The fourth-order valence-electron chi connectivity index (χ4n) is 4.70. The van der Waals surface area contributed by atoms with Crippen molar-refractivity contribution < 1.29 is 22.7 Å². The van der Waals surface area contributed by atoms with Crippen LogP contribution in [0.5, 0.6) is 5.75 Å². The van der Waals surface area contributed by atoms with Crippen molar-refractivity contribution in [3.63, 3.8) is 0 Å². The number of halogens is 3. The molecule has 1 aromatic heterocycles. The monoisotopic (exact) mass is 580 g/mol. The molecule has 0 bridgehead atoms. The maximum atomic E-state index is 12.8. The first-order chi connectivity index (χ1) is 19.5. The van der Waals surface area contributed by atoms with Crippen molar-refractivity contribution in [3.8, 4) is 11.4 Å². The molecule has 4 aromatic rings. The van der Waals surface area contributed by atoms with Crippen LogP contribution in [0, 0.1) is 27.7 Å². The summed E-state index contributed by atoms with van der Waals surface area (Å²) in [5.74, 6) is -0.303. The molecule has 1 aliphatic heterocycles. The number of hydrogen-bond donors (Lipinski definition) is 2. The molecule has 0 saturated heterocycles. The molecule has 2 heterocycles. The molecule has 0 aliphatic carbocycles. The zero-order valence-corrected chi connectivity index (χ0v) is 23.5. The number of alkyl halides is 3. The SMILES string of the molecule is Cc1cc(C)c(-n2c(C)csc2=NC(=O)Nc2ccc(C3N=CN(c4ccc(OC(F)(F)F)cc4)N3)cc2)c(C)c1. The highest BCUT2D eigenvalue weighted by Crippen LogP contribution is 2.28. The molecule has 5 rings (SSSR count). The van der Waals surface area contributed by atoms with Gasteiger partial charge in [0.15, 0.2) is 4.80 Å². The number of aryl methyl sites for hydroxylation is 4. The number of anilines is 2. The van der Waals surface area contributed by atoms with E-state index in [-0.39, 0.29) is 5.75 Å². The van der Waals surface area contributed by atoms with E-state index in [1.165, 1.54) is 41.2 Å². The third-order valence-electron chi connectivity index (χ3n) is 6.35. The number of benzene rings is 3. The number of nitrogens with one attached hydrogen (secondary N) is 2. The minimum Gasteiger partial charge on any atom is -0.406 e. The molecule has 1 unspecified atom stereocenters. The maximum Gasteiger partial charge on any atom is 0.573 e. The highest BCUT2D eigenvalue weighted by atomic mass is 32.1. The van der Waals surface area contributed by atoms with Crippen molar-refractivity contribution in [1.29, 1.82) is 0 Å². The van der Waals surface area contributed by atoms with Crippen LogP contribution in [0.3, 0.4) is 0 Å². The van der Waals surface area contributed by atoms with Crippen LogP contribution in [0.2, 0.25) is 0 Å². The molecule has 3 aromatic carbocycles. The fourth-order valence-corrected chi connectivity index (χ4v) is 5.55. The molecule has 2 N–H and O–H groups in total. The highest BCUT2D eigenvalue weighted by Gasteiger charge is 2.31. The first-order valence-corrected chi connectivity index (χ1v) is 13.5. The van der Waals surface area contributed by atoms with Gasteiger partial charge in [0.1, 0.15) is 18.3 Å². The average Bonchev–Trinajstić information content (AvgIpc) is 3.51. The highest BCUT2D eigenvalue weighted by molar-refractivity contribution is 7.07. The first-order valence-electron chi connectivity index (χ1n) is 12.6. The standard InChI is InChI=1S/C29H27F3N6O2S/c1-17-13-18(2)25(19(3)14-17)38-20(4)15-41-28(38)35-27(39)34-22-7-5-21(6-8-22)26-33-16-37(36-26)23-9-11-24(12-10-23)40-29(30,31)32/h5-16,26,36H,1-4H3,(H,34,39). The molecule has 1 aliphatic rings. The second-order valence-electron chi connectivity index (χ2n) is 9.61. The van der Waals surface area contributed by atoms with Crippen LogP contribution in [0.25, 0.3) is 5.69 Å². The van der Waals surface area contributed by atoms with Crippen LogP contribution >= 0.6 is 11.3 Å². The smallest absolute Gasteiger partial charge is 0.406 e. The summed E-state index contributed by atoms with van der Waals surface area (Å²) < 4.78 is 43.1. The van der Waals surface area contributed by atoms with Gasteiger partial charge in [-0.3, -0.25) is 9.58 Å². The molecule has 0 radical (unpaired) electrons. The maximum absolute atomic E-state index is 12.8. The zero-order valence-electron chi connectivity index (χ0n) is 22.7. The number of carbonyl (C=O) groups excluding carboxylic acids is 1. The van der Waals surface area contributed by atoms with Crippen LogP contribution in [-0.2, 0) is 0 Å². The summed E-state index contributed by atoms with van der Waals surface area (Å²) in [5.41, 5.74) is 10.6. The molecule has 2 amide bonds. The molecule has 8 nitrogen and oxygen atoms in total. The third kappa shape index (κ3) is 6.50. The summed E-state index contributed by atoms with van der Waals surface area (Å²) in [4.78, 5) is 22.2. The molecule has 41 heavy (non-hydrogen) atoms. The molecule has 0 saturated carbocycles. The zero-order chi connectivity index (χ0) is 29.3. The molecule has 0 spiro atoms. The van der Waals surface area contributed by atoms with Gasteiger partial charge in [-0.05, 0) is 80.8 Å². The summed E-state index contributed by atoms with van der Waals surface area (Å²) in [6, 6.07) is 16.3. The van der Waals surface area contributed by atoms with Gasteiger partial charge in [0.2, 0.25) is 0 Å². The van der Waals surface area contributed by atoms with E-state index in [1.54, 1.807) is 23.5 Å². The Morgan fingerprint density at radius 2 is 1.68 bits per heavy atom. The average molecular weight is 581 g/mol. The van der Waals surface area contributed by atoms with Gasteiger partial charge in [-0.15, -0.1) is 24.5 Å². The largest absolute Gasteiger partial charge is 0.573 e. The van der Waals surface area contributed by atoms with Gasteiger partial charge >= 0.3 is 12.4 Å². The van der Waals surface area contributed by atoms with E-state index < -0.39 is 18.6 Å². The minimum atomic E-state index is -4.75. The van der Waals surface area contributed by atoms with Gasteiger partial charge in [0.05, 0.1) is 11.4 Å². The van der Waals surface area contributed by atoms with Crippen molar-refractivity contribution in [2.75, 3.05) is 10.3 Å². The molecular formula is C29H27F3N6O2S. The van der Waals surface area contributed by atoms with Gasteiger partial charge in [-0.1, -0.05) is 29.8 Å². The Morgan fingerprint density at radius 1 is 1.02 bits per heavy atom. The number of aromatic nitrogens is 1. The van der Waals surface area contributed by atoms with Crippen molar-refractivity contribution in [2.45, 2.75) is 40.2 Å². The van der Waals surface area contributed by atoms with Crippen LogP contribution in [0.15, 0.2) is 76.0 Å². The van der Waals surface area contributed by atoms with Gasteiger partial charge in [-0.2, -0.15) is 10.4 Å². The van der Waals surface area contributed by atoms with Crippen LogP contribution in [-0.4, -0.2) is 23.3 Å². The Kier molecular flexibility index (Phi) is 7.70. The second-order valence-corrected chi connectivity index (χ2v) is 10.5. The van der Waals surface area contributed by atoms with E-state index in [4.69, 9.17) is 0 Å². The van der Waals surface area contributed by atoms with E-state index in [2.05, 4.69) is 58.4 Å². The normalized spacial score (nSPS) is 15.4. The van der Waals surface area contributed by atoms with Gasteiger partial charge in [0, 0.05) is 16.8 Å². The van der Waals surface area contributed by atoms with E-state index in [1.807, 2.05) is 29.0 Å². The lowest BCUT2D eigenvalue weighted by Gasteiger charge is -2.18. The van der Waals surface area contributed by atoms with Crippen LogP contribution < -0.4 is 25.3 Å². The molecule has 12 heteroatoms. The second kappa shape index (κ2) is 11.2. The first kappa shape index (κ1) is 28.1. The number of rotatable bonds is 5.